The molecule has 2 aromatic carbocycles. The highest BCUT2D eigenvalue weighted by Gasteiger charge is 2.38. The molecule has 0 radical (unpaired) electrons. The number of nitrogens with zero attached hydrogens (tertiary/aromatic N) is 1. The summed E-state index contributed by atoms with van der Waals surface area (Å²) in [6, 6.07) is 16.5. The molecule has 3 aromatic rings. The van der Waals surface area contributed by atoms with Gasteiger partial charge in [0.2, 0.25) is 5.91 Å². The number of aliphatic hydroxyl groups excluding tert-OH is 1. The SMILES string of the molecule is CNC(=O)[C@H]1Cc2ccccc2[C@@H](/C=C/c2ccc(-c3cccc(C(F)(F)F)c3)cn2)[C@H]1CO. The number of aromatic nitrogens is 1. The molecular weight excluding hydrogens is 441 g/mol. The number of nitrogens with one attached hydrogen (secondary N) is 1. The summed E-state index contributed by atoms with van der Waals surface area (Å²) in [5, 5.41) is 12.8. The molecule has 1 aromatic heterocycles. The maximum Gasteiger partial charge on any atom is 0.416 e. The summed E-state index contributed by atoms with van der Waals surface area (Å²) < 4.78 is 39.1. The lowest BCUT2D eigenvalue weighted by Gasteiger charge is -2.36. The second-order valence-electron chi connectivity index (χ2n) is 8.41. The van der Waals surface area contributed by atoms with Gasteiger partial charge in [-0.3, -0.25) is 9.78 Å². The highest BCUT2D eigenvalue weighted by atomic mass is 19.4. The van der Waals surface area contributed by atoms with Gasteiger partial charge in [-0.25, -0.2) is 0 Å². The van der Waals surface area contributed by atoms with Gasteiger partial charge in [-0.2, -0.15) is 13.2 Å². The molecule has 0 aliphatic heterocycles. The number of halogens is 3. The van der Waals surface area contributed by atoms with Gasteiger partial charge in [0.1, 0.15) is 0 Å². The van der Waals surface area contributed by atoms with Crippen molar-refractivity contribution >= 4 is 12.0 Å². The van der Waals surface area contributed by atoms with Gasteiger partial charge in [0, 0.05) is 43.2 Å². The van der Waals surface area contributed by atoms with Gasteiger partial charge < -0.3 is 10.4 Å². The van der Waals surface area contributed by atoms with Crippen LogP contribution in [0, 0.1) is 11.8 Å². The number of rotatable bonds is 5. The number of fused-ring (bicyclic) bond motifs is 1. The van der Waals surface area contributed by atoms with Crippen LogP contribution in [0.2, 0.25) is 0 Å². The van der Waals surface area contributed by atoms with E-state index in [4.69, 9.17) is 0 Å². The van der Waals surface area contributed by atoms with E-state index in [0.29, 0.717) is 23.2 Å². The van der Waals surface area contributed by atoms with Gasteiger partial charge in [0.15, 0.2) is 0 Å². The van der Waals surface area contributed by atoms with E-state index in [0.717, 1.165) is 23.3 Å². The Morgan fingerprint density at radius 1 is 1.12 bits per heavy atom. The van der Waals surface area contributed by atoms with Crippen LogP contribution in [0.5, 0.6) is 0 Å². The second kappa shape index (κ2) is 9.81. The molecular formula is C27H25F3N2O2. The van der Waals surface area contributed by atoms with Gasteiger partial charge >= 0.3 is 6.18 Å². The Balaban J connectivity index is 1.61. The lowest BCUT2D eigenvalue weighted by Crippen LogP contribution is -2.41. The number of benzene rings is 2. The van der Waals surface area contributed by atoms with Crippen LogP contribution in [-0.4, -0.2) is 29.7 Å². The standard InChI is InChI=1S/C27H25F3N2O2/c1-31-26(34)24-14-18-5-2-3-8-22(18)23(25(24)16-33)12-11-21-10-9-19(15-32-21)17-6-4-7-20(13-17)27(28,29)30/h2-13,15,23-25,33H,14,16H2,1H3,(H,31,34)/b12-11+/t23-,24+,25-/m1/s1. The zero-order valence-electron chi connectivity index (χ0n) is 18.6. The van der Waals surface area contributed by atoms with E-state index < -0.39 is 11.7 Å². The number of carbonyl (C=O) groups is 1. The number of amides is 1. The maximum absolute atomic E-state index is 13.0. The molecule has 1 aliphatic rings. The van der Waals surface area contributed by atoms with Gasteiger partial charge in [-0.05, 0) is 47.4 Å². The molecule has 1 heterocycles. The van der Waals surface area contributed by atoms with Crippen LogP contribution < -0.4 is 5.32 Å². The third-order valence-corrected chi connectivity index (χ3v) is 6.41. The molecule has 1 amide bonds. The molecule has 7 heteroatoms. The molecule has 4 rings (SSSR count). The van der Waals surface area contributed by atoms with Crippen LogP contribution in [0.15, 0.2) is 72.9 Å². The predicted octanol–water partition coefficient (Wildman–Crippen LogP) is 5.09. The summed E-state index contributed by atoms with van der Waals surface area (Å²) in [5.74, 6) is -0.913. The van der Waals surface area contributed by atoms with E-state index >= 15 is 0 Å². The predicted molar refractivity (Wildman–Crippen MR) is 125 cm³/mol. The molecule has 1 aliphatic carbocycles. The van der Waals surface area contributed by atoms with Crippen LogP contribution in [0.4, 0.5) is 13.2 Å². The number of allylic oxidation sites excluding steroid dienone is 1. The van der Waals surface area contributed by atoms with Gasteiger partial charge in [0.25, 0.3) is 0 Å². The number of carbonyl (C=O) groups excluding carboxylic acids is 1. The minimum Gasteiger partial charge on any atom is -0.396 e. The fourth-order valence-electron chi connectivity index (χ4n) is 4.63. The zero-order valence-corrected chi connectivity index (χ0v) is 18.6. The van der Waals surface area contributed by atoms with E-state index in [1.807, 2.05) is 36.4 Å². The molecule has 4 nitrogen and oxygen atoms in total. The summed E-state index contributed by atoms with van der Waals surface area (Å²) in [4.78, 5) is 16.9. The number of aliphatic hydroxyl groups is 1. The van der Waals surface area contributed by atoms with Crippen LogP contribution in [0.1, 0.15) is 28.3 Å². The van der Waals surface area contributed by atoms with E-state index in [1.54, 1.807) is 31.4 Å². The molecule has 3 atom stereocenters. The third-order valence-electron chi connectivity index (χ3n) is 6.41. The summed E-state index contributed by atoms with van der Waals surface area (Å²) in [5.41, 5.74) is 3.09. The van der Waals surface area contributed by atoms with Crippen molar-refractivity contribution in [1.29, 1.82) is 0 Å². The molecule has 176 valence electrons. The molecule has 0 fully saturated rings. The Bertz CT molecular complexity index is 1190. The molecule has 2 N–H and O–H groups in total. The van der Waals surface area contributed by atoms with Crippen molar-refractivity contribution in [3.8, 4) is 11.1 Å². The van der Waals surface area contributed by atoms with Crippen LogP contribution >= 0.6 is 0 Å². The first kappa shape index (κ1) is 23.7. The Labute approximate surface area is 196 Å². The fraction of sp³-hybridized carbons (Fsp3) is 0.259. The first-order valence-electron chi connectivity index (χ1n) is 11.0. The van der Waals surface area contributed by atoms with Crippen molar-refractivity contribution in [3.05, 3.63) is 95.3 Å². The van der Waals surface area contributed by atoms with E-state index in [2.05, 4.69) is 10.3 Å². The number of alkyl halides is 3. The smallest absolute Gasteiger partial charge is 0.396 e. The van der Waals surface area contributed by atoms with Gasteiger partial charge in [-0.15, -0.1) is 0 Å². The quantitative estimate of drug-likeness (QED) is 0.551. The Morgan fingerprint density at radius 2 is 1.91 bits per heavy atom. The molecule has 0 saturated heterocycles. The van der Waals surface area contributed by atoms with Crippen LogP contribution in [0.25, 0.3) is 17.2 Å². The molecule has 34 heavy (non-hydrogen) atoms. The largest absolute Gasteiger partial charge is 0.416 e. The second-order valence-corrected chi connectivity index (χ2v) is 8.41. The van der Waals surface area contributed by atoms with Gasteiger partial charge in [0.05, 0.1) is 11.3 Å². The monoisotopic (exact) mass is 466 g/mol. The van der Waals surface area contributed by atoms with Crippen LogP contribution in [-0.2, 0) is 17.4 Å². The number of hydrogen-bond acceptors (Lipinski definition) is 3. The first-order valence-corrected chi connectivity index (χ1v) is 11.0. The molecule has 0 spiro atoms. The Kier molecular flexibility index (Phi) is 6.84. The third kappa shape index (κ3) is 4.89. The van der Waals surface area contributed by atoms with Crippen molar-refractivity contribution in [3.63, 3.8) is 0 Å². The minimum atomic E-state index is -4.40. The van der Waals surface area contributed by atoms with Crippen molar-refractivity contribution in [1.82, 2.24) is 10.3 Å². The van der Waals surface area contributed by atoms with Crippen LogP contribution in [0.3, 0.4) is 0 Å². The summed E-state index contributed by atoms with van der Waals surface area (Å²) in [7, 11) is 1.60. The topological polar surface area (TPSA) is 62.2 Å². The lowest BCUT2D eigenvalue weighted by molar-refractivity contribution is -0.137. The van der Waals surface area contributed by atoms with Crippen molar-refractivity contribution in [2.45, 2.75) is 18.5 Å². The number of hydrogen-bond donors (Lipinski definition) is 2. The molecule has 0 unspecified atom stereocenters. The normalized spacial score (nSPS) is 20.2. The molecule has 0 saturated carbocycles. The van der Waals surface area contributed by atoms with E-state index in [9.17, 15) is 23.1 Å². The average Bonchev–Trinajstić information content (AvgIpc) is 2.86. The van der Waals surface area contributed by atoms with E-state index in [1.165, 1.54) is 6.07 Å². The van der Waals surface area contributed by atoms with Crippen molar-refractivity contribution in [2.75, 3.05) is 13.7 Å². The maximum atomic E-state index is 13.0. The Hall–Kier alpha value is -3.45. The average molecular weight is 467 g/mol. The highest BCUT2D eigenvalue weighted by molar-refractivity contribution is 5.80. The Morgan fingerprint density at radius 3 is 2.59 bits per heavy atom. The summed E-state index contributed by atoms with van der Waals surface area (Å²) >= 11 is 0. The highest BCUT2D eigenvalue weighted by Crippen LogP contribution is 2.41. The number of pyridine rings is 1. The van der Waals surface area contributed by atoms with Gasteiger partial charge in [-0.1, -0.05) is 48.5 Å². The zero-order chi connectivity index (χ0) is 24.3. The first-order chi connectivity index (χ1) is 16.3. The van der Waals surface area contributed by atoms with Crippen molar-refractivity contribution in [2.24, 2.45) is 11.8 Å². The van der Waals surface area contributed by atoms with Crippen molar-refractivity contribution < 1.29 is 23.1 Å². The summed E-state index contributed by atoms with van der Waals surface area (Å²) in [6.45, 7) is -0.136. The summed E-state index contributed by atoms with van der Waals surface area (Å²) in [6.07, 6.45) is 1.47. The fourth-order valence-corrected chi connectivity index (χ4v) is 4.63. The van der Waals surface area contributed by atoms with E-state index in [-0.39, 0.29) is 30.3 Å². The lowest BCUT2D eigenvalue weighted by atomic mass is 9.68. The molecule has 0 bridgehead atoms. The minimum absolute atomic E-state index is 0.101.